The van der Waals surface area contributed by atoms with Gasteiger partial charge >= 0.3 is 5.97 Å². The molecule has 1 aromatic heterocycles. The van der Waals surface area contributed by atoms with Crippen LogP contribution in [0.25, 0.3) is 0 Å². The molecule has 0 fully saturated rings. The number of ether oxygens (including phenoxy) is 1. The largest absolute Gasteiger partial charge is 0.465 e. The summed E-state index contributed by atoms with van der Waals surface area (Å²) in [4.78, 5) is 36.2. The molecule has 0 amide bonds. The molecular formula is C14H18O4S. The van der Waals surface area contributed by atoms with Gasteiger partial charge in [0.25, 0.3) is 0 Å². The number of thiophene rings is 1. The second-order valence-corrected chi connectivity index (χ2v) is 5.09. The molecule has 0 aliphatic rings. The molecule has 0 saturated heterocycles. The quantitative estimate of drug-likeness (QED) is 0.418. The van der Waals surface area contributed by atoms with Gasteiger partial charge < -0.3 is 4.74 Å². The number of Topliss-reactive ketones (excluding diaryl/α,β-unsaturated/α-hetero) is 2. The van der Waals surface area contributed by atoms with Crippen molar-refractivity contribution in [2.24, 2.45) is 5.92 Å². The van der Waals surface area contributed by atoms with Gasteiger partial charge in [0.05, 0.1) is 11.5 Å². The van der Waals surface area contributed by atoms with E-state index in [9.17, 15) is 14.4 Å². The van der Waals surface area contributed by atoms with Crippen LogP contribution in [0.3, 0.4) is 0 Å². The minimum atomic E-state index is -1.00. The molecule has 0 bridgehead atoms. The zero-order valence-electron chi connectivity index (χ0n) is 11.2. The van der Waals surface area contributed by atoms with Gasteiger partial charge in [-0.25, -0.2) is 0 Å². The fourth-order valence-electron chi connectivity index (χ4n) is 1.72. The average Bonchev–Trinajstić information content (AvgIpc) is 2.89. The van der Waals surface area contributed by atoms with E-state index in [1.807, 2.05) is 6.92 Å². The van der Waals surface area contributed by atoms with E-state index in [-0.39, 0.29) is 24.6 Å². The Morgan fingerprint density at radius 3 is 2.58 bits per heavy atom. The number of rotatable bonds is 8. The van der Waals surface area contributed by atoms with Crippen molar-refractivity contribution in [2.75, 3.05) is 6.61 Å². The maximum atomic E-state index is 12.2. The van der Waals surface area contributed by atoms with E-state index in [0.29, 0.717) is 17.7 Å². The van der Waals surface area contributed by atoms with Gasteiger partial charge in [-0.15, -0.1) is 11.3 Å². The maximum absolute atomic E-state index is 12.2. The molecule has 5 heteroatoms. The highest BCUT2D eigenvalue weighted by Crippen LogP contribution is 2.19. The SMILES string of the molecule is CCCC(=O)CC(C(=O)OCC)C(=O)c1cccs1. The van der Waals surface area contributed by atoms with Crippen LogP contribution in [0.4, 0.5) is 0 Å². The van der Waals surface area contributed by atoms with Crippen LogP contribution in [0, 0.1) is 5.92 Å². The molecule has 4 nitrogen and oxygen atoms in total. The van der Waals surface area contributed by atoms with Crippen molar-refractivity contribution in [1.29, 1.82) is 0 Å². The molecule has 19 heavy (non-hydrogen) atoms. The Kier molecular flexibility index (Phi) is 6.42. The number of hydrogen-bond acceptors (Lipinski definition) is 5. The van der Waals surface area contributed by atoms with E-state index in [1.165, 1.54) is 11.3 Å². The van der Waals surface area contributed by atoms with Crippen molar-refractivity contribution in [1.82, 2.24) is 0 Å². The molecule has 1 rings (SSSR count). The Labute approximate surface area is 116 Å². The molecule has 0 aromatic carbocycles. The van der Waals surface area contributed by atoms with E-state index < -0.39 is 11.9 Å². The van der Waals surface area contributed by atoms with Crippen molar-refractivity contribution >= 4 is 28.9 Å². The lowest BCUT2D eigenvalue weighted by Gasteiger charge is -2.12. The molecule has 0 aliphatic carbocycles. The van der Waals surface area contributed by atoms with Crippen LogP contribution in [-0.2, 0) is 14.3 Å². The molecule has 0 N–H and O–H groups in total. The normalized spacial score (nSPS) is 11.9. The number of carbonyl (C=O) groups is 3. The van der Waals surface area contributed by atoms with E-state index in [1.54, 1.807) is 24.4 Å². The summed E-state index contributed by atoms with van der Waals surface area (Å²) in [5.74, 6) is -2.01. The summed E-state index contributed by atoms with van der Waals surface area (Å²) < 4.78 is 4.89. The summed E-state index contributed by atoms with van der Waals surface area (Å²) in [6.45, 7) is 3.77. The molecular weight excluding hydrogens is 264 g/mol. The van der Waals surface area contributed by atoms with Crippen LogP contribution >= 0.6 is 11.3 Å². The summed E-state index contributed by atoms with van der Waals surface area (Å²) >= 11 is 1.27. The van der Waals surface area contributed by atoms with Crippen LogP contribution in [-0.4, -0.2) is 24.1 Å². The number of carbonyl (C=O) groups excluding carboxylic acids is 3. The molecule has 0 aliphatic heterocycles. The zero-order chi connectivity index (χ0) is 14.3. The molecule has 1 atom stereocenters. The van der Waals surface area contributed by atoms with Crippen LogP contribution in [0.1, 0.15) is 42.8 Å². The smallest absolute Gasteiger partial charge is 0.317 e. The lowest BCUT2D eigenvalue weighted by Crippen LogP contribution is -2.28. The Morgan fingerprint density at radius 2 is 2.05 bits per heavy atom. The third-order valence-corrected chi connectivity index (χ3v) is 3.50. The fraction of sp³-hybridized carbons (Fsp3) is 0.500. The fourth-order valence-corrected chi connectivity index (χ4v) is 2.44. The van der Waals surface area contributed by atoms with Gasteiger partial charge in [0.1, 0.15) is 11.7 Å². The van der Waals surface area contributed by atoms with Crippen molar-refractivity contribution in [2.45, 2.75) is 33.1 Å². The first-order valence-electron chi connectivity index (χ1n) is 6.36. The topological polar surface area (TPSA) is 60.4 Å². The van der Waals surface area contributed by atoms with Crippen molar-refractivity contribution in [3.8, 4) is 0 Å². The van der Waals surface area contributed by atoms with E-state index in [4.69, 9.17) is 4.74 Å². The predicted octanol–water partition coefficient (Wildman–Crippen LogP) is 2.87. The highest BCUT2D eigenvalue weighted by Gasteiger charge is 2.31. The van der Waals surface area contributed by atoms with E-state index in [0.717, 1.165) is 0 Å². The first-order chi connectivity index (χ1) is 9.10. The second kappa shape index (κ2) is 7.84. The number of esters is 1. The lowest BCUT2D eigenvalue weighted by atomic mass is 9.95. The second-order valence-electron chi connectivity index (χ2n) is 4.14. The third kappa shape index (κ3) is 4.59. The number of ketones is 2. The molecule has 1 unspecified atom stereocenters. The highest BCUT2D eigenvalue weighted by molar-refractivity contribution is 7.12. The Hall–Kier alpha value is -1.49. The maximum Gasteiger partial charge on any atom is 0.317 e. The Bertz CT molecular complexity index is 436. The summed E-state index contributed by atoms with van der Waals surface area (Å²) in [6, 6.07) is 3.40. The Balaban J connectivity index is 2.83. The number of hydrogen-bond donors (Lipinski definition) is 0. The van der Waals surface area contributed by atoms with Gasteiger partial charge in [-0.3, -0.25) is 14.4 Å². The first kappa shape index (κ1) is 15.6. The van der Waals surface area contributed by atoms with Gasteiger partial charge in [0.15, 0.2) is 5.78 Å². The highest BCUT2D eigenvalue weighted by atomic mass is 32.1. The molecule has 1 aromatic rings. The van der Waals surface area contributed by atoms with E-state index >= 15 is 0 Å². The standard InChI is InChI=1S/C14H18O4S/c1-3-6-10(15)9-11(14(17)18-4-2)13(16)12-7-5-8-19-12/h5,7-8,11H,3-4,6,9H2,1-2H3. The first-order valence-corrected chi connectivity index (χ1v) is 7.24. The van der Waals surface area contributed by atoms with Gasteiger partial charge in [-0.1, -0.05) is 13.0 Å². The van der Waals surface area contributed by atoms with E-state index in [2.05, 4.69) is 0 Å². The van der Waals surface area contributed by atoms with Gasteiger partial charge in [0, 0.05) is 12.8 Å². The summed E-state index contributed by atoms with van der Waals surface area (Å²) in [6.07, 6.45) is 1.03. The van der Waals surface area contributed by atoms with Crippen molar-refractivity contribution in [3.63, 3.8) is 0 Å². The molecule has 0 radical (unpaired) electrons. The monoisotopic (exact) mass is 282 g/mol. The lowest BCUT2D eigenvalue weighted by molar-refractivity contribution is -0.147. The van der Waals surface area contributed by atoms with Gasteiger partial charge in [-0.2, -0.15) is 0 Å². The zero-order valence-corrected chi connectivity index (χ0v) is 12.0. The van der Waals surface area contributed by atoms with Crippen LogP contribution < -0.4 is 0 Å². The van der Waals surface area contributed by atoms with Crippen LogP contribution in [0.15, 0.2) is 17.5 Å². The Morgan fingerprint density at radius 1 is 1.32 bits per heavy atom. The van der Waals surface area contributed by atoms with Crippen molar-refractivity contribution < 1.29 is 19.1 Å². The molecule has 0 spiro atoms. The third-order valence-electron chi connectivity index (χ3n) is 2.61. The van der Waals surface area contributed by atoms with Crippen molar-refractivity contribution in [3.05, 3.63) is 22.4 Å². The van der Waals surface area contributed by atoms with Crippen LogP contribution in [0.2, 0.25) is 0 Å². The van der Waals surface area contributed by atoms with Crippen LogP contribution in [0.5, 0.6) is 0 Å². The average molecular weight is 282 g/mol. The summed E-state index contributed by atoms with van der Waals surface area (Å²) in [5, 5.41) is 1.77. The minimum absolute atomic E-state index is 0.0661. The van der Waals surface area contributed by atoms with Gasteiger partial charge in [0.2, 0.25) is 0 Å². The molecule has 1 heterocycles. The summed E-state index contributed by atoms with van der Waals surface area (Å²) in [7, 11) is 0. The van der Waals surface area contributed by atoms with Gasteiger partial charge in [-0.05, 0) is 24.8 Å². The molecule has 104 valence electrons. The predicted molar refractivity (Wildman–Crippen MR) is 73.3 cm³/mol. The minimum Gasteiger partial charge on any atom is -0.465 e. The molecule has 0 saturated carbocycles. The summed E-state index contributed by atoms with van der Waals surface area (Å²) in [5.41, 5.74) is 0.